The van der Waals surface area contributed by atoms with E-state index in [2.05, 4.69) is 30.2 Å². The molecule has 0 amide bonds. The molecule has 0 bridgehead atoms. The normalized spacial score (nSPS) is 27.6. The second-order valence-electron chi connectivity index (χ2n) is 5.14. The van der Waals surface area contributed by atoms with Crippen LogP contribution in [0.15, 0.2) is 24.5 Å². The van der Waals surface area contributed by atoms with E-state index in [9.17, 15) is 0 Å². The molecule has 1 aliphatic carbocycles. The Morgan fingerprint density at radius 1 is 1.44 bits per heavy atom. The molecule has 0 saturated heterocycles. The van der Waals surface area contributed by atoms with Crippen LogP contribution in [-0.2, 0) is 0 Å². The summed E-state index contributed by atoms with van der Waals surface area (Å²) in [6.07, 6.45) is 9.22. The van der Waals surface area contributed by atoms with Crippen molar-refractivity contribution in [1.82, 2.24) is 10.3 Å². The Labute approximate surface area is 98.5 Å². The predicted octanol–water partition coefficient (Wildman–Crippen LogP) is 3.31. The highest BCUT2D eigenvalue weighted by Gasteiger charge is 2.20. The van der Waals surface area contributed by atoms with Gasteiger partial charge in [-0.05, 0) is 37.3 Å². The minimum atomic E-state index is 0.420. The topological polar surface area (TPSA) is 24.9 Å². The second-order valence-corrected chi connectivity index (χ2v) is 5.14. The average molecular weight is 218 g/mol. The Balaban J connectivity index is 1.89. The molecule has 3 atom stereocenters. The van der Waals surface area contributed by atoms with Crippen LogP contribution in [0.1, 0.15) is 51.1 Å². The quantitative estimate of drug-likeness (QED) is 0.842. The fraction of sp³-hybridized carbons (Fsp3) is 0.643. The predicted molar refractivity (Wildman–Crippen MR) is 67.2 cm³/mol. The summed E-state index contributed by atoms with van der Waals surface area (Å²) in [5.41, 5.74) is 1.29. The lowest BCUT2D eigenvalue weighted by Gasteiger charge is -2.30. The first kappa shape index (κ1) is 11.6. The summed E-state index contributed by atoms with van der Waals surface area (Å²) >= 11 is 0. The van der Waals surface area contributed by atoms with Crippen molar-refractivity contribution < 1.29 is 0 Å². The van der Waals surface area contributed by atoms with E-state index < -0.39 is 0 Å². The Kier molecular flexibility index (Phi) is 3.94. The molecule has 2 rings (SSSR count). The van der Waals surface area contributed by atoms with Crippen molar-refractivity contribution in [3.8, 4) is 0 Å². The molecule has 0 radical (unpaired) electrons. The summed E-state index contributed by atoms with van der Waals surface area (Å²) in [7, 11) is 0. The van der Waals surface area contributed by atoms with E-state index in [1.165, 1.54) is 31.2 Å². The lowest BCUT2D eigenvalue weighted by Crippen LogP contribution is -2.35. The Bertz CT molecular complexity index is 310. The number of hydrogen-bond acceptors (Lipinski definition) is 2. The summed E-state index contributed by atoms with van der Waals surface area (Å²) in [5, 5.41) is 3.73. The largest absolute Gasteiger partial charge is 0.307 e. The molecule has 2 unspecified atom stereocenters. The lowest BCUT2D eigenvalue weighted by molar-refractivity contribution is 0.285. The van der Waals surface area contributed by atoms with Gasteiger partial charge in [-0.2, -0.15) is 0 Å². The summed E-state index contributed by atoms with van der Waals surface area (Å²) in [4.78, 5) is 4.17. The maximum atomic E-state index is 4.17. The first-order valence-electron chi connectivity index (χ1n) is 6.41. The molecule has 1 N–H and O–H groups in total. The van der Waals surface area contributed by atoms with Crippen molar-refractivity contribution in [2.45, 2.75) is 51.6 Å². The van der Waals surface area contributed by atoms with Crippen LogP contribution in [0, 0.1) is 5.92 Å². The van der Waals surface area contributed by atoms with Gasteiger partial charge in [0.05, 0.1) is 0 Å². The second kappa shape index (κ2) is 5.44. The monoisotopic (exact) mass is 218 g/mol. The van der Waals surface area contributed by atoms with E-state index in [0.717, 1.165) is 5.92 Å². The van der Waals surface area contributed by atoms with E-state index in [4.69, 9.17) is 0 Å². The maximum Gasteiger partial charge on any atom is 0.0315 e. The van der Waals surface area contributed by atoms with Gasteiger partial charge in [-0.25, -0.2) is 0 Å². The van der Waals surface area contributed by atoms with Crippen LogP contribution in [0.4, 0.5) is 0 Å². The van der Waals surface area contributed by atoms with Crippen molar-refractivity contribution in [2.24, 2.45) is 5.92 Å². The highest BCUT2D eigenvalue weighted by atomic mass is 14.9. The highest BCUT2D eigenvalue weighted by Crippen LogP contribution is 2.25. The van der Waals surface area contributed by atoms with Crippen molar-refractivity contribution in [2.75, 3.05) is 0 Å². The Hall–Kier alpha value is -0.890. The number of pyridine rings is 1. The van der Waals surface area contributed by atoms with E-state index in [0.29, 0.717) is 12.1 Å². The molecule has 16 heavy (non-hydrogen) atoms. The summed E-state index contributed by atoms with van der Waals surface area (Å²) in [6.45, 7) is 4.60. The van der Waals surface area contributed by atoms with Crippen molar-refractivity contribution in [3.05, 3.63) is 30.1 Å². The highest BCUT2D eigenvalue weighted by molar-refractivity contribution is 5.13. The molecule has 2 heteroatoms. The van der Waals surface area contributed by atoms with Gasteiger partial charge in [-0.15, -0.1) is 0 Å². The minimum absolute atomic E-state index is 0.420. The van der Waals surface area contributed by atoms with E-state index in [-0.39, 0.29) is 0 Å². The van der Waals surface area contributed by atoms with Crippen LogP contribution in [0.5, 0.6) is 0 Å². The smallest absolute Gasteiger partial charge is 0.0315 e. The van der Waals surface area contributed by atoms with E-state index in [1.807, 2.05) is 18.5 Å². The van der Waals surface area contributed by atoms with E-state index >= 15 is 0 Å². The molecule has 1 aromatic rings. The molecule has 0 aliphatic heterocycles. The Morgan fingerprint density at radius 2 is 2.31 bits per heavy atom. The fourth-order valence-electron chi connectivity index (χ4n) is 2.67. The SMILES string of the molecule is CC1CCCC(N[C@@H](C)c2cccnc2)C1. The van der Waals surface area contributed by atoms with Gasteiger partial charge in [0.25, 0.3) is 0 Å². The van der Waals surface area contributed by atoms with Crippen LogP contribution in [0.25, 0.3) is 0 Å². The first-order chi connectivity index (χ1) is 7.75. The lowest BCUT2D eigenvalue weighted by atomic mass is 9.86. The van der Waals surface area contributed by atoms with Crippen LogP contribution in [-0.4, -0.2) is 11.0 Å². The van der Waals surface area contributed by atoms with Crippen molar-refractivity contribution in [1.29, 1.82) is 0 Å². The first-order valence-corrected chi connectivity index (χ1v) is 6.41. The maximum absolute atomic E-state index is 4.17. The zero-order valence-electron chi connectivity index (χ0n) is 10.3. The molecular weight excluding hydrogens is 196 g/mol. The number of nitrogens with one attached hydrogen (secondary N) is 1. The Morgan fingerprint density at radius 3 is 3.00 bits per heavy atom. The third-order valence-electron chi connectivity index (χ3n) is 3.61. The number of aromatic nitrogens is 1. The van der Waals surface area contributed by atoms with Gasteiger partial charge >= 0.3 is 0 Å². The molecule has 1 aliphatic rings. The molecule has 0 aromatic carbocycles. The molecule has 1 heterocycles. The number of rotatable bonds is 3. The molecule has 1 aromatic heterocycles. The van der Waals surface area contributed by atoms with Crippen LogP contribution >= 0.6 is 0 Å². The van der Waals surface area contributed by atoms with Crippen LogP contribution < -0.4 is 5.32 Å². The number of hydrogen-bond donors (Lipinski definition) is 1. The average Bonchev–Trinajstić information content (AvgIpc) is 2.30. The molecule has 2 nitrogen and oxygen atoms in total. The van der Waals surface area contributed by atoms with Crippen LogP contribution in [0.2, 0.25) is 0 Å². The minimum Gasteiger partial charge on any atom is -0.307 e. The third-order valence-corrected chi connectivity index (χ3v) is 3.61. The third kappa shape index (κ3) is 3.05. The van der Waals surface area contributed by atoms with Gasteiger partial charge in [0.15, 0.2) is 0 Å². The number of nitrogens with zero attached hydrogens (tertiary/aromatic N) is 1. The van der Waals surface area contributed by atoms with E-state index in [1.54, 1.807) is 0 Å². The molecule has 88 valence electrons. The van der Waals surface area contributed by atoms with Gasteiger partial charge < -0.3 is 5.32 Å². The van der Waals surface area contributed by atoms with Crippen LogP contribution in [0.3, 0.4) is 0 Å². The summed E-state index contributed by atoms with van der Waals surface area (Å²) in [5.74, 6) is 0.882. The van der Waals surface area contributed by atoms with Gasteiger partial charge in [-0.1, -0.05) is 25.8 Å². The van der Waals surface area contributed by atoms with Crippen molar-refractivity contribution >= 4 is 0 Å². The standard InChI is InChI=1S/C14H22N2/c1-11-5-3-7-14(9-11)16-12(2)13-6-4-8-15-10-13/h4,6,8,10-12,14,16H,3,5,7,9H2,1-2H3/t11?,12-,14?/m0/s1. The summed E-state index contributed by atoms with van der Waals surface area (Å²) in [6, 6.07) is 5.27. The fourth-order valence-corrected chi connectivity index (χ4v) is 2.67. The van der Waals surface area contributed by atoms with Gasteiger partial charge in [-0.3, -0.25) is 4.98 Å². The molecule has 0 spiro atoms. The van der Waals surface area contributed by atoms with Crippen molar-refractivity contribution in [3.63, 3.8) is 0 Å². The zero-order valence-corrected chi connectivity index (χ0v) is 10.3. The molecule has 1 saturated carbocycles. The molecular formula is C14H22N2. The van der Waals surface area contributed by atoms with Gasteiger partial charge in [0.2, 0.25) is 0 Å². The van der Waals surface area contributed by atoms with Gasteiger partial charge in [0, 0.05) is 24.5 Å². The zero-order chi connectivity index (χ0) is 11.4. The molecule has 1 fully saturated rings. The summed E-state index contributed by atoms with van der Waals surface area (Å²) < 4.78 is 0. The van der Waals surface area contributed by atoms with Gasteiger partial charge in [0.1, 0.15) is 0 Å².